The van der Waals surface area contributed by atoms with Gasteiger partial charge < -0.3 is 10.2 Å². The van der Waals surface area contributed by atoms with Crippen LogP contribution in [0.15, 0.2) is 23.3 Å². The van der Waals surface area contributed by atoms with Crippen LogP contribution in [-0.2, 0) is 4.79 Å². The van der Waals surface area contributed by atoms with Gasteiger partial charge in [-0.3, -0.25) is 4.79 Å². The quantitative estimate of drug-likeness (QED) is 0.648. The van der Waals surface area contributed by atoms with Crippen LogP contribution in [0.2, 0.25) is 0 Å². The van der Waals surface area contributed by atoms with Crippen molar-refractivity contribution in [2.24, 2.45) is 0 Å². The average Bonchev–Trinajstić information content (AvgIpc) is 1.84. The summed E-state index contributed by atoms with van der Waals surface area (Å²) in [6.45, 7) is 10.8. The van der Waals surface area contributed by atoms with Crippen LogP contribution in [0.3, 0.4) is 0 Å². The zero-order valence-electron chi connectivity index (χ0n) is 8.72. The number of carboxylic acid groups (broad SMARTS) is 1. The maximum Gasteiger partial charge on any atom is 0.300 e. The van der Waals surface area contributed by atoms with Gasteiger partial charge in [0, 0.05) is 6.92 Å². The molecule has 0 aromatic carbocycles. The molecule has 0 aromatic rings. The Balaban J connectivity index is 0. The molecule has 3 nitrogen and oxygen atoms in total. The Morgan fingerprint density at radius 2 is 1.54 bits per heavy atom. The van der Waals surface area contributed by atoms with Gasteiger partial charge in [0.05, 0.1) is 6.61 Å². The summed E-state index contributed by atoms with van der Waals surface area (Å²) in [6.07, 6.45) is 0. The minimum absolute atomic E-state index is 0.109. The van der Waals surface area contributed by atoms with Crippen molar-refractivity contribution in [3.8, 4) is 0 Å². The van der Waals surface area contributed by atoms with Crippen LogP contribution in [-0.4, -0.2) is 22.8 Å². The first kappa shape index (κ1) is 14.4. The van der Waals surface area contributed by atoms with E-state index in [0.717, 1.165) is 23.6 Å². The second-order valence-electron chi connectivity index (χ2n) is 2.94. The fraction of sp³-hybridized carbons (Fsp3) is 0.500. The molecule has 0 aromatic heterocycles. The number of hydrogen-bond donors (Lipinski definition) is 2. The minimum atomic E-state index is -0.833. The number of carboxylic acids is 1. The van der Waals surface area contributed by atoms with Gasteiger partial charge in [0.25, 0.3) is 5.97 Å². The van der Waals surface area contributed by atoms with E-state index < -0.39 is 5.97 Å². The molecule has 3 heteroatoms. The lowest BCUT2D eigenvalue weighted by atomic mass is 10.1. The average molecular weight is 186 g/mol. The van der Waals surface area contributed by atoms with Crippen LogP contribution in [0.1, 0.15) is 27.7 Å². The molecule has 13 heavy (non-hydrogen) atoms. The van der Waals surface area contributed by atoms with Crippen molar-refractivity contribution < 1.29 is 15.0 Å². The van der Waals surface area contributed by atoms with E-state index in [9.17, 15) is 0 Å². The normalized spacial score (nSPS) is 8.08. The third-order valence-corrected chi connectivity index (χ3v) is 1.28. The van der Waals surface area contributed by atoms with E-state index in [1.165, 1.54) is 0 Å². The van der Waals surface area contributed by atoms with E-state index in [2.05, 4.69) is 6.58 Å². The topological polar surface area (TPSA) is 57.5 Å². The van der Waals surface area contributed by atoms with Crippen molar-refractivity contribution in [3.05, 3.63) is 23.3 Å². The predicted molar refractivity (Wildman–Crippen MR) is 53.6 cm³/mol. The lowest BCUT2D eigenvalue weighted by Crippen LogP contribution is -1.93. The molecule has 0 fully saturated rings. The molecular weight excluding hydrogens is 168 g/mol. The maximum absolute atomic E-state index is 9.00. The Kier molecular flexibility index (Phi) is 8.39. The first-order valence-electron chi connectivity index (χ1n) is 3.95. The van der Waals surface area contributed by atoms with Gasteiger partial charge in [-0.15, -0.1) is 0 Å². The monoisotopic (exact) mass is 186 g/mol. The summed E-state index contributed by atoms with van der Waals surface area (Å²) in [5.74, 6) is -0.833. The van der Waals surface area contributed by atoms with Crippen LogP contribution in [0.25, 0.3) is 0 Å². The Hall–Kier alpha value is -1.09. The molecule has 0 saturated heterocycles. The highest BCUT2D eigenvalue weighted by Crippen LogP contribution is 2.10. The number of allylic oxidation sites excluding steroid dienone is 1. The Morgan fingerprint density at radius 3 is 1.54 bits per heavy atom. The summed E-state index contributed by atoms with van der Waals surface area (Å²) in [5.41, 5.74) is 3.07. The van der Waals surface area contributed by atoms with E-state index >= 15 is 0 Å². The maximum atomic E-state index is 9.00. The predicted octanol–water partition coefficient (Wildman–Crippen LogP) is 1.98. The molecule has 0 rings (SSSR count). The number of aliphatic hydroxyl groups excluding tert-OH is 1. The summed E-state index contributed by atoms with van der Waals surface area (Å²) in [6, 6.07) is 0. The number of hydrogen-bond acceptors (Lipinski definition) is 2. The fourth-order valence-electron chi connectivity index (χ4n) is 0.720. The van der Waals surface area contributed by atoms with Gasteiger partial charge >= 0.3 is 0 Å². The lowest BCUT2D eigenvalue weighted by Gasteiger charge is -2.03. The van der Waals surface area contributed by atoms with Gasteiger partial charge in [-0.1, -0.05) is 17.7 Å². The van der Waals surface area contributed by atoms with E-state index in [1.807, 2.05) is 20.8 Å². The smallest absolute Gasteiger partial charge is 0.300 e. The number of aliphatic carboxylic acids is 1. The molecule has 2 N–H and O–H groups in total. The van der Waals surface area contributed by atoms with Gasteiger partial charge in [0.2, 0.25) is 0 Å². The van der Waals surface area contributed by atoms with Gasteiger partial charge in [-0.05, 0) is 26.3 Å². The third-order valence-electron chi connectivity index (χ3n) is 1.28. The van der Waals surface area contributed by atoms with E-state index in [0.29, 0.717) is 0 Å². The van der Waals surface area contributed by atoms with Crippen molar-refractivity contribution >= 4 is 5.97 Å². The molecule has 0 atom stereocenters. The molecule has 0 spiro atoms. The van der Waals surface area contributed by atoms with Gasteiger partial charge in [0.15, 0.2) is 0 Å². The highest BCUT2D eigenvalue weighted by Gasteiger charge is 1.96. The molecule has 0 heterocycles. The summed E-state index contributed by atoms with van der Waals surface area (Å²) in [5, 5.41) is 16.2. The number of carbonyl (C=O) groups is 1. The van der Waals surface area contributed by atoms with Gasteiger partial charge in [-0.25, -0.2) is 0 Å². The van der Waals surface area contributed by atoms with Crippen LogP contribution in [0.4, 0.5) is 0 Å². The molecule has 76 valence electrons. The largest absolute Gasteiger partial charge is 0.481 e. The lowest BCUT2D eigenvalue weighted by molar-refractivity contribution is -0.134. The number of rotatable bonds is 2. The molecular formula is C10H18O3. The SMILES string of the molecule is C=C(C)C(CO)=C(C)C.CC(=O)O. The summed E-state index contributed by atoms with van der Waals surface area (Å²) in [7, 11) is 0. The second kappa shape index (κ2) is 7.55. The second-order valence-corrected chi connectivity index (χ2v) is 2.94. The molecule has 0 aliphatic heterocycles. The molecule has 0 bridgehead atoms. The Bertz CT molecular complexity index is 206. The zero-order valence-corrected chi connectivity index (χ0v) is 8.72. The Morgan fingerprint density at radius 1 is 1.23 bits per heavy atom. The van der Waals surface area contributed by atoms with E-state index in [1.54, 1.807) is 0 Å². The first-order chi connectivity index (χ1) is 5.82. The van der Waals surface area contributed by atoms with Crippen LogP contribution >= 0.6 is 0 Å². The van der Waals surface area contributed by atoms with Gasteiger partial charge in [-0.2, -0.15) is 0 Å². The van der Waals surface area contributed by atoms with E-state index in [4.69, 9.17) is 15.0 Å². The molecule has 0 saturated carbocycles. The van der Waals surface area contributed by atoms with Crippen molar-refractivity contribution in [3.63, 3.8) is 0 Å². The molecule has 0 aliphatic carbocycles. The summed E-state index contributed by atoms with van der Waals surface area (Å²) >= 11 is 0. The summed E-state index contributed by atoms with van der Waals surface area (Å²) in [4.78, 5) is 9.00. The standard InChI is InChI=1S/C8H14O.C2H4O2/c1-6(2)8(5-9)7(3)4;1-2(3)4/h9H,1,5H2,2-4H3;1H3,(H,3,4). The van der Waals surface area contributed by atoms with Crippen LogP contribution in [0.5, 0.6) is 0 Å². The highest BCUT2D eigenvalue weighted by atomic mass is 16.4. The highest BCUT2D eigenvalue weighted by molar-refractivity contribution is 5.62. The number of aliphatic hydroxyl groups is 1. The first-order valence-corrected chi connectivity index (χ1v) is 3.95. The molecule has 0 aliphatic rings. The van der Waals surface area contributed by atoms with Gasteiger partial charge in [0.1, 0.15) is 0 Å². The molecule has 0 unspecified atom stereocenters. The third kappa shape index (κ3) is 10.9. The Labute approximate surface area is 79.4 Å². The zero-order chi connectivity index (χ0) is 11.0. The van der Waals surface area contributed by atoms with Crippen LogP contribution < -0.4 is 0 Å². The summed E-state index contributed by atoms with van der Waals surface area (Å²) < 4.78 is 0. The van der Waals surface area contributed by atoms with Crippen molar-refractivity contribution in [1.29, 1.82) is 0 Å². The van der Waals surface area contributed by atoms with Crippen molar-refractivity contribution in [2.45, 2.75) is 27.7 Å². The molecule has 0 radical (unpaired) electrons. The minimum Gasteiger partial charge on any atom is -0.481 e. The van der Waals surface area contributed by atoms with Crippen molar-refractivity contribution in [1.82, 2.24) is 0 Å². The van der Waals surface area contributed by atoms with Crippen LogP contribution in [0, 0.1) is 0 Å². The van der Waals surface area contributed by atoms with Crippen molar-refractivity contribution in [2.75, 3.05) is 6.61 Å². The fourth-order valence-corrected chi connectivity index (χ4v) is 0.720. The van der Waals surface area contributed by atoms with E-state index in [-0.39, 0.29) is 6.61 Å². The molecule has 0 amide bonds.